The summed E-state index contributed by atoms with van der Waals surface area (Å²) < 4.78 is 0. The number of nitrogens with two attached hydrogens (primary N) is 1. The van der Waals surface area contributed by atoms with E-state index in [0.717, 1.165) is 36.9 Å². The van der Waals surface area contributed by atoms with Crippen LogP contribution in [0.2, 0.25) is 0 Å². The summed E-state index contributed by atoms with van der Waals surface area (Å²) in [6.45, 7) is 0. The molecule has 0 spiro atoms. The molecule has 0 fully saturated rings. The van der Waals surface area contributed by atoms with Crippen molar-refractivity contribution < 1.29 is 0 Å². The zero-order chi connectivity index (χ0) is 8.55. The Bertz CT molecular complexity index is 356. The van der Waals surface area contributed by atoms with Crippen molar-refractivity contribution in [3.63, 3.8) is 0 Å². The fourth-order valence-electron chi connectivity index (χ4n) is 1.61. The molecule has 4 heteroatoms. The Morgan fingerprint density at radius 2 is 2.08 bits per heavy atom. The number of fused-ring (bicyclic) bond motifs is 1. The number of aromatic amines is 1. The fourth-order valence-corrected chi connectivity index (χ4v) is 1.61. The minimum absolute atomic E-state index is 0.0801. The van der Waals surface area contributed by atoms with Crippen molar-refractivity contribution in [2.45, 2.75) is 25.7 Å². The first kappa shape index (κ1) is 7.34. The van der Waals surface area contributed by atoms with Crippen molar-refractivity contribution in [3.05, 3.63) is 21.5 Å². The molecule has 64 valence electrons. The Balaban J connectivity index is 2.62. The normalized spacial score (nSPS) is 15.7. The second-order valence-electron chi connectivity index (χ2n) is 3.10. The van der Waals surface area contributed by atoms with E-state index in [9.17, 15) is 4.79 Å². The van der Waals surface area contributed by atoms with E-state index in [1.54, 1.807) is 0 Å². The van der Waals surface area contributed by atoms with Gasteiger partial charge in [-0.25, -0.2) is 0 Å². The van der Waals surface area contributed by atoms with Gasteiger partial charge in [-0.1, -0.05) is 0 Å². The van der Waals surface area contributed by atoms with Crippen molar-refractivity contribution in [2.24, 2.45) is 0 Å². The Kier molecular flexibility index (Phi) is 1.60. The summed E-state index contributed by atoms with van der Waals surface area (Å²) in [5.74, 6) is 0.0932. The van der Waals surface area contributed by atoms with E-state index >= 15 is 0 Å². The highest BCUT2D eigenvalue weighted by atomic mass is 16.1. The third-order valence-corrected chi connectivity index (χ3v) is 2.29. The van der Waals surface area contributed by atoms with Crippen LogP contribution in [-0.4, -0.2) is 10.2 Å². The van der Waals surface area contributed by atoms with E-state index < -0.39 is 0 Å². The number of aromatic nitrogens is 2. The number of anilines is 1. The van der Waals surface area contributed by atoms with Gasteiger partial charge in [0.15, 0.2) is 5.82 Å². The second kappa shape index (κ2) is 2.62. The highest BCUT2D eigenvalue weighted by molar-refractivity contribution is 5.34. The minimum Gasteiger partial charge on any atom is -0.379 e. The van der Waals surface area contributed by atoms with Crippen molar-refractivity contribution >= 4 is 5.82 Å². The first-order valence-electron chi connectivity index (χ1n) is 4.15. The van der Waals surface area contributed by atoms with Crippen LogP contribution in [0.25, 0.3) is 0 Å². The van der Waals surface area contributed by atoms with E-state index in [-0.39, 0.29) is 11.2 Å². The molecule has 2 rings (SSSR count). The maximum Gasteiger partial charge on any atom is 0.227 e. The zero-order valence-corrected chi connectivity index (χ0v) is 6.76. The highest BCUT2D eigenvalue weighted by Crippen LogP contribution is 2.15. The molecule has 0 aliphatic heterocycles. The Hall–Kier alpha value is -1.32. The molecular weight excluding hydrogens is 154 g/mol. The van der Waals surface area contributed by atoms with Gasteiger partial charge in [0, 0.05) is 11.3 Å². The SMILES string of the molecule is Nc1n[nH]c2c(c1=O)CCCC2. The summed E-state index contributed by atoms with van der Waals surface area (Å²) in [6, 6.07) is 0. The predicted molar refractivity (Wildman–Crippen MR) is 45.9 cm³/mol. The van der Waals surface area contributed by atoms with Crippen LogP contribution in [0.3, 0.4) is 0 Å². The molecule has 1 heterocycles. The summed E-state index contributed by atoms with van der Waals surface area (Å²) in [4.78, 5) is 11.4. The third kappa shape index (κ3) is 0.995. The molecule has 0 radical (unpaired) electrons. The molecule has 0 saturated carbocycles. The van der Waals surface area contributed by atoms with Crippen LogP contribution in [0.1, 0.15) is 24.1 Å². The third-order valence-electron chi connectivity index (χ3n) is 2.29. The lowest BCUT2D eigenvalue weighted by Crippen LogP contribution is -2.22. The molecule has 0 unspecified atom stereocenters. The molecule has 1 aromatic rings. The van der Waals surface area contributed by atoms with Crippen molar-refractivity contribution in [1.82, 2.24) is 10.2 Å². The molecule has 1 aliphatic carbocycles. The minimum atomic E-state index is -0.0801. The Labute approximate surface area is 69.8 Å². The van der Waals surface area contributed by atoms with Crippen LogP contribution in [0, 0.1) is 0 Å². The Morgan fingerprint density at radius 3 is 2.92 bits per heavy atom. The standard InChI is InChI=1S/C8H11N3O/c9-8-7(12)5-3-1-2-4-6(5)10-11-8/h1-4H2,(H2,9,11)(H,10,12). The van der Waals surface area contributed by atoms with Crippen LogP contribution >= 0.6 is 0 Å². The molecule has 0 atom stereocenters. The number of nitrogens with one attached hydrogen (secondary N) is 1. The van der Waals surface area contributed by atoms with Gasteiger partial charge in [-0.15, -0.1) is 0 Å². The first-order chi connectivity index (χ1) is 5.79. The van der Waals surface area contributed by atoms with Crippen LogP contribution < -0.4 is 11.2 Å². The molecule has 1 aliphatic rings. The van der Waals surface area contributed by atoms with Crippen molar-refractivity contribution in [1.29, 1.82) is 0 Å². The molecule has 0 saturated heterocycles. The summed E-state index contributed by atoms with van der Waals surface area (Å²) in [5, 5.41) is 6.56. The molecule has 0 aromatic carbocycles. The van der Waals surface area contributed by atoms with Gasteiger partial charge in [0.1, 0.15) is 0 Å². The van der Waals surface area contributed by atoms with Gasteiger partial charge < -0.3 is 5.73 Å². The molecule has 0 bridgehead atoms. The van der Waals surface area contributed by atoms with Gasteiger partial charge in [-0.2, -0.15) is 5.10 Å². The topological polar surface area (TPSA) is 71.8 Å². The molecule has 1 aromatic heterocycles. The van der Waals surface area contributed by atoms with Crippen LogP contribution in [0.5, 0.6) is 0 Å². The number of nitrogen functional groups attached to an aromatic ring is 1. The van der Waals surface area contributed by atoms with Crippen LogP contribution in [0.15, 0.2) is 4.79 Å². The lowest BCUT2D eigenvalue weighted by molar-refractivity contribution is 0.651. The monoisotopic (exact) mass is 165 g/mol. The van der Waals surface area contributed by atoms with E-state index in [0.29, 0.717) is 0 Å². The lowest BCUT2D eigenvalue weighted by atomic mass is 9.96. The van der Waals surface area contributed by atoms with Gasteiger partial charge in [0.25, 0.3) is 0 Å². The summed E-state index contributed by atoms with van der Waals surface area (Å²) in [5.41, 5.74) is 7.12. The van der Waals surface area contributed by atoms with Gasteiger partial charge in [-0.3, -0.25) is 9.89 Å². The lowest BCUT2D eigenvalue weighted by Gasteiger charge is -2.13. The summed E-state index contributed by atoms with van der Waals surface area (Å²) in [7, 11) is 0. The fraction of sp³-hybridized carbons (Fsp3) is 0.500. The quantitative estimate of drug-likeness (QED) is 0.578. The molecule has 12 heavy (non-hydrogen) atoms. The Morgan fingerprint density at radius 1 is 1.33 bits per heavy atom. The van der Waals surface area contributed by atoms with Gasteiger partial charge in [0.2, 0.25) is 5.43 Å². The summed E-state index contributed by atoms with van der Waals surface area (Å²) >= 11 is 0. The van der Waals surface area contributed by atoms with Crippen LogP contribution in [0.4, 0.5) is 5.82 Å². The second-order valence-corrected chi connectivity index (χ2v) is 3.10. The summed E-state index contributed by atoms with van der Waals surface area (Å²) in [6.07, 6.45) is 3.99. The average molecular weight is 165 g/mol. The maximum absolute atomic E-state index is 11.4. The molecule has 0 amide bonds. The number of hydrogen-bond acceptors (Lipinski definition) is 3. The number of rotatable bonds is 0. The van der Waals surface area contributed by atoms with E-state index in [4.69, 9.17) is 5.73 Å². The predicted octanol–water partition coefficient (Wildman–Crippen LogP) is 0.231. The number of aryl methyl sites for hydroxylation is 1. The van der Waals surface area contributed by atoms with Crippen molar-refractivity contribution in [3.8, 4) is 0 Å². The van der Waals surface area contributed by atoms with E-state index in [1.807, 2.05) is 0 Å². The number of H-pyrrole nitrogens is 1. The van der Waals surface area contributed by atoms with Gasteiger partial charge in [0.05, 0.1) is 0 Å². The first-order valence-corrected chi connectivity index (χ1v) is 4.15. The highest BCUT2D eigenvalue weighted by Gasteiger charge is 2.14. The molecule has 3 N–H and O–H groups in total. The largest absolute Gasteiger partial charge is 0.379 e. The number of hydrogen-bond donors (Lipinski definition) is 2. The average Bonchev–Trinajstić information content (AvgIpc) is 2.12. The number of nitrogens with zero attached hydrogens (tertiary/aromatic N) is 1. The van der Waals surface area contributed by atoms with Gasteiger partial charge >= 0.3 is 0 Å². The van der Waals surface area contributed by atoms with E-state index in [1.165, 1.54) is 0 Å². The molecule has 4 nitrogen and oxygen atoms in total. The van der Waals surface area contributed by atoms with Crippen molar-refractivity contribution in [2.75, 3.05) is 5.73 Å². The maximum atomic E-state index is 11.4. The van der Waals surface area contributed by atoms with Gasteiger partial charge in [-0.05, 0) is 25.7 Å². The smallest absolute Gasteiger partial charge is 0.227 e. The van der Waals surface area contributed by atoms with E-state index in [2.05, 4.69) is 10.2 Å². The zero-order valence-electron chi connectivity index (χ0n) is 6.76. The molecular formula is C8H11N3O. The van der Waals surface area contributed by atoms with Crippen LogP contribution in [-0.2, 0) is 12.8 Å².